The lowest BCUT2D eigenvalue weighted by Gasteiger charge is -2.21. The maximum Gasteiger partial charge on any atom is 0.101 e. The largest absolute Gasteiger partial charge is 0.344 e. The molecule has 2 aromatic carbocycles. The molecule has 0 heterocycles. The number of hydrogen-bond acceptors (Lipinski definition) is 3. The number of nitrogens with zero attached hydrogens (tertiary/aromatic N) is 3. The van der Waals surface area contributed by atoms with Crippen LogP contribution in [0.25, 0.3) is 0 Å². The molecule has 0 saturated heterocycles. The van der Waals surface area contributed by atoms with E-state index in [4.69, 9.17) is 5.26 Å². The molecule has 19 heavy (non-hydrogen) atoms. The van der Waals surface area contributed by atoms with Crippen LogP contribution in [0, 0.1) is 29.6 Å². The summed E-state index contributed by atoms with van der Waals surface area (Å²) in [6.07, 6.45) is 0. The molecule has 0 N–H and O–H groups in total. The Morgan fingerprint density at radius 1 is 1.00 bits per heavy atom. The summed E-state index contributed by atoms with van der Waals surface area (Å²) >= 11 is 0. The summed E-state index contributed by atoms with van der Waals surface area (Å²) in [5, 5.41) is 18.1. The maximum absolute atomic E-state index is 9.21. The van der Waals surface area contributed by atoms with Crippen molar-refractivity contribution >= 4 is 11.4 Å². The van der Waals surface area contributed by atoms with Gasteiger partial charge in [0.25, 0.3) is 0 Å². The van der Waals surface area contributed by atoms with Crippen LogP contribution in [0.4, 0.5) is 11.4 Å². The zero-order valence-electron chi connectivity index (χ0n) is 10.9. The highest BCUT2D eigenvalue weighted by molar-refractivity contribution is 5.70. The average molecular weight is 247 g/mol. The molecule has 2 aromatic rings. The standard InChI is InChI=1S/C16H13N3/c1-12-6-7-16(14(8-12)11-18)19(2)15-5-3-4-13(9-15)10-17/h3-9H,1-2H3. The molecule has 0 fully saturated rings. The average Bonchev–Trinajstić information content (AvgIpc) is 2.46. The first-order chi connectivity index (χ1) is 9.15. The van der Waals surface area contributed by atoms with Crippen LogP contribution in [-0.2, 0) is 0 Å². The minimum atomic E-state index is 0.606. The van der Waals surface area contributed by atoms with Crippen LogP contribution in [0.1, 0.15) is 16.7 Å². The molecule has 3 nitrogen and oxygen atoms in total. The van der Waals surface area contributed by atoms with E-state index in [0.717, 1.165) is 16.9 Å². The number of benzene rings is 2. The fourth-order valence-electron chi connectivity index (χ4n) is 1.96. The Morgan fingerprint density at radius 2 is 1.79 bits per heavy atom. The summed E-state index contributed by atoms with van der Waals surface area (Å²) in [7, 11) is 1.89. The molecular formula is C16H13N3. The summed E-state index contributed by atoms with van der Waals surface area (Å²) in [6, 6.07) is 17.4. The highest BCUT2D eigenvalue weighted by atomic mass is 15.1. The van der Waals surface area contributed by atoms with Gasteiger partial charge in [0.15, 0.2) is 0 Å². The molecule has 0 saturated carbocycles. The molecule has 0 aliphatic carbocycles. The zero-order valence-corrected chi connectivity index (χ0v) is 10.9. The number of nitriles is 2. The van der Waals surface area contributed by atoms with Crippen LogP contribution in [0.15, 0.2) is 42.5 Å². The summed E-state index contributed by atoms with van der Waals surface area (Å²) in [6.45, 7) is 1.96. The summed E-state index contributed by atoms with van der Waals surface area (Å²) < 4.78 is 0. The third-order valence-corrected chi connectivity index (χ3v) is 3.00. The van der Waals surface area contributed by atoms with Gasteiger partial charge < -0.3 is 4.90 Å². The lowest BCUT2D eigenvalue weighted by molar-refractivity contribution is 1.19. The molecule has 0 amide bonds. The molecule has 0 atom stereocenters. The van der Waals surface area contributed by atoms with Crippen molar-refractivity contribution < 1.29 is 0 Å². The molecular weight excluding hydrogens is 234 g/mol. The zero-order chi connectivity index (χ0) is 13.8. The van der Waals surface area contributed by atoms with E-state index in [0.29, 0.717) is 11.1 Å². The Bertz CT molecular complexity index is 690. The number of anilines is 2. The van der Waals surface area contributed by atoms with E-state index in [1.807, 2.05) is 49.2 Å². The van der Waals surface area contributed by atoms with Crippen molar-refractivity contribution in [1.82, 2.24) is 0 Å². The molecule has 0 unspecified atom stereocenters. The van der Waals surface area contributed by atoms with Gasteiger partial charge in [-0.05, 0) is 42.8 Å². The lowest BCUT2D eigenvalue weighted by Crippen LogP contribution is -2.11. The summed E-state index contributed by atoms with van der Waals surface area (Å²) in [4.78, 5) is 1.92. The fraction of sp³-hybridized carbons (Fsp3) is 0.125. The number of rotatable bonds is 2. The molecule has 0 aliphatic heterocycles. The van der Waals surface area contributed by atoms with Gasteiger partial charge in [0.05, 0.1) is 22.9 Å². The van der Waals surface area contributed by atoms with Gasteiger partial charge in [-0.1, -0.05) is 12.1 Å². The van der Waals surface area contributed by atoms with Crippen LogP contribution in [0.5, 0.6) is 0 Å². The van der Waals surface area contributed by atoms with Crippen molar-refractivity contribution in [3.63, 3.8) is 0 Å². The number of hydrogen-bond donors (Lipinski definition) is 0. The lowest BCUT2D eigenvalue weighted by atomic mass is 10.1. The van der Waals surface area contributed by atoms with E-state index in [2.05, 4.69) is 12.1 Å². The second kappa shape index (κ2) is 5.25. The monoisotopic (exact) mass is 247 g/mol. The van der Waals surface area contributed by atoms with Crippen LogP contribution < -0.4 is 4.90 Å². The predicted octanol–water partition coefficient (Wildman–Crippen LogP) is 3.51. The van der Waals surface area contributed by atoms with Crippen LogP contribution in [0.3, 0.4) is 0 Å². The molecule has 92 valence electrons. The molecule has 0 bridgehead atoms. The third kappa shape index (κ3) is 2.56. The normalized spacial score (nSPS) is 9.47. The maximum atomic E-state index is 9.21. The van der Waals surface area contributed by atoms with Crippen LogP contribution in [0.2, 0.25) is 0 Å². The van der Waals surface area contributed by atoms with E-state index in [9.17, 15) is 5.26 Å². The Balaban J connectivity index is 2.47. The first-order valence-electron chi connectivity index (χ1n) is 5.90. The minimum Gasteiger partial charge on any atom is -0.344 e. The van der Waals surface area contributed by atoms with E-state index in [1.54, 1.807) is 12.1 Å². The van der Waals surface area contributed by atoms with Crippen molar-refractivity contribution in [3.05, 3.63) is 59.2 Å². The Morgan fingerprint density at radius 3 is 2.47 bits per heavy atom. The molecule has 2 rings (SSSR count). The minimum absolute atomic E-state index is 0.606. The second-order valence-corrected chi connectivity index (χ2v) is 4.35. The SMILES string of the molecule is Cc1ccc(N(C)c2cccc(C#N)c2)c(C#N)c1. The van der Waals surface area contributed by atoms with E-state index >= 15 is 0 Å². The number of aryl methyl sites for hydroxylation is 1. The highest BCUT2D eigenvalue weighted by Crippen LogP contribution is 2.27. The Labute approximate surface area is 112 Å². The first kappa shape index (κ1) is 12.7. The topological polar surface area (TPSA) is 50.8 Å². The Kier molecular flexibility index (Phi) is 3.50. The van der Waals surface area contributed by atoms with Crippen molar-refractivity contribution in [2.24, 2.45) is 0 Å². The van der Waals surface area contributed by atoms with E-state index in [-0.39, 0.29) is 0 Å². The fourth-order valence-corrected chi connectivity index (χ4v) is 1.96. The first-order valence-corrected chi connectivity index (χ1v) is 5.90. The van der Waals surface area contributed by atoms with Crippen LogP contribution in [-0.4, -0.2) is 7.05 Å². The molecule has 0 aromatic heterocycles. The van der Waals surface area contributed by atoms with Crippen LogP contribution >= 0.6 is 0 Å². The molecule has 0 radical (unpaired) electrons. The van der Waals surface area contributed by atoms with Gasteiger partial charge >= 0.3 is 0 Å². The van der Waals surface area contributed by atoms with Gasteiger partial charge in [0.2, 0.25) is 0 Å². The van der Waals surface area contributed by atoms with E-state index < -0.39 is 0 Å². The molecule has 3 heteroatoms. The van der Waals surface area contributed by atoms with Gasteiger partial charge in [0, 0.05) is 12.7 Å². The summed E-state index contributed by atoms with van der Waals surface area (Å²) in [5.41, 5.74) is 4.02. The van der Waals surface area contributed by atoms with Crippen molar-refractivity contribution in [3.8, 4) is 12.1 Å². The smallest absolute Gasteiger partial charge is 0.101 e. The van der Waals surface area contributed by atoms with Gasteiger partial charge in [-0.2, -0.15) is 10.5 Å². The quantitative estimate of drug-likeness (QED) is 0.816. The van der Waals surface area contributed by atoms with Crippen molar-refractivity contribution in [2.45, 2.75) is 6.92 Å². The van der Waals surface area contributed by atoms with Gasteiger partial charge in [-0.15, -0.1) is 0 Å². The van der Waals surface area contributed by atoms with Crippen molar-refractivity contribution in [2.75, 3.05) is 11.9 Å². The Hall–Kier alpha value is -2.78. The van der Waals surface area contributed by atoms with Crippen molar-refractivity contribution in [1.29, 1.82) is 10.5 Å². The molecule has 0 spiro atoms. The van der Waals surface area contributed by atoms with Gasteiger partial charge in [0.1, 0.15) is 6.07 Å². The second-order valence-electron chi connectivity index (χ2n) is 4.35. The molecule has 0 aliphatic rings. The third-order valence-electron chi connectivity index (χ3n) is 3.00. The van der Waals surface area contributed by atoms with Gasteiger partial charge in [-0.3, -0.25) is 0 Å². The predicted molar refractivity (Wildman–Crippen MR) is 75.1 cm³/mol. The van der Waals surface area contributed by atoms with Gasteiger partial charge in [-0.25, -0.2) is 0 Å². The van der Waals surface area contributed by atoms with E-state index in [1.165, 1.54) is 0 Å². The highest BCUT2D eigenvalue weighted by Gasteiger charge is 2.09. The summed E-state index contributed by atoms with van der Waals surface area (Å²) in [5.74, 6) is 0.